The van der Waals surface area contributed by atoms with E-state index in [1.165, 1.54) is 9.47 Å². The van der Waals surface area contributed by atoms with Crippen molar-refractivity contribution in [3.05, 3.63) is 46.3 Å². The van der Waals surface area contributed by atoms with Crippen molar-refractivity contribution in [2.24, 2.45) is 0 Å². The lowest BCUT2D eigenvalue weighted by Gasteiger charge is -2.34. The maximum Gasteiger partial charge on any atom is 0.341 e. The summed E-state index contributed by atoms with van der Waals surface area (Å²) in [5, 5.41) is 12.1. The first-order chi connectivity index (χ1) is 13.3. The number of nitrogen functional groups attached to an aromatic ring is 1. The molecule has 1 aromatic carbocycles. The van der Waals surface area contributed by atoms with Gasteiger partial charge in [-0.15, -0.1) is 6.58 Å². The number of carboxylic acid groups (broad SMARTS) is 1. The minimum Gasteiger partial charge on any atom is -0.477 e. The van der Waals surface area contributed by atoms with E-state index in [4.69, 9.17) is 5.73 Å². The second kappa shape index (κ2) is 6.59. The van der Waals surface area contributed by atoms with Crippen LogP contribution < -0.4 is 21.4 Å². The number of hydrogen-bond acceptors (Lipinski definition) is 5. The molecule has 0 amide bonds. The highest BCUT2D eigenvalue weighted by Crippen LogP contribution is 2.41. The Morgan fingerprint density at radius 2 is 2.07 bits per heavy atom. The summed E-state index contributed by atoms with van der Waals surface area (Å²) in [6.45, 7) is 4.85. The number of aromatic nitrogens is 1. The zero-order chi connectivity index (χ0) is 20.2. The molecule has 148 valence electrons. The van der Waals surface area contributed by atoms with Crippen LogP contribution in [0, 0.1) is 11.6 Å². The molecule has 1 aliphatic heterocycles. The van der Waals surface area contributed by atoms with Crippen LogP contribution in [0.1, 0.15) is 29.2 Å². The Kier molecular flexibility index (Phi) is 4.34. The number of halogens is 2. The van der Waals surface area contributed by atoms with E-state index in [2.05, 4.69) is 11.9 Å². The molecule has 1 atom stereocenters. The average Bonchev–Trinajstić information content (AvgIpc) is 3.51. The van der Waals surface area contributed by atoms with E-state index in [1.807, 2.05) is 0 Å². The summed E-state index contributed by atoms with van der Waals surface area (Å²) in [6.07, 6.45) is 4.23. The number of pyridine rings is 1. The average molecular weight is 390 g/mol. The fourth-order valence-corrected chi connectivity index (χ4v) is 3.76. The number of nitrogens with zero attached hydrogens (tertiary/aromatic N) is 2. The summed E-state index contributed by atoms with van der Waals surface area (Å²) in [6, 6.07) is -0.290. The number of carbonyl (C=O) groups is 1. The summed E-state index contributed by atoms with van der Waals surface area (Å²) in [5.74, 6) is -3.40. The molecule has 0 spiro atoms. The van der Waals surface area contributed by atoms with E-state index in [1.54, 1.807) is 6.08 Å². The van der Waals surface area contributed by atoms with Crippen LogP contribution in [0.5, 0.6) is 0 Å². The molecule has 4 rings (SSSR count). The lowest BCUT2D eigenvalue weighted by molar-refractivity contribution is 0.0695. The Labute approximate surface area is 159 Å². The zero-order valence-corrected chi connectivity index (χ0v) is 15.0. The molecule has 1 aliphatic carbocycles. The maximum atomic E-state index is 15.6. The minimum absolute atomic E-state index is 0.139. The van der Waals surface area contributed by atoms with Crippen molar-refractivity contribution in [3.63, 3.8) is 0 Å². The van der Waals surface area contributed by atoms with E-state index < -0.39 is 39.7 Å². The molecule has 2 aliphatic rings. The lowest BCUT2D eigenvalue weighted by atomic mass is 10.0. The van der Waals surface area contributed by atoms with Crippen LogP contribution in [0.2, 0.25) is 0 Å². The van der Waals surface area contributed by atoms with Crippen LogP contribution >= 0.6 is 0 Å². The first kappa shape index (κ1) is 18.4. The van der Waals surface area contributed by atoms with Gasteiger partial charge in [0.15, 0.2) is 11.6 Å². The zero-order valence-electron chi connectivity index (χ0n) is 15.0. The van der Waals surface area contributed by atoms with Gasteiger partial charge in [0, 0.05) is 37.9 Å². The van der Waals surface area contributed by atoms with Crippen LogP contribution in [0.3, 0.4) is 0 Å². The number of hydrogen-bond donors (Lipinski definition) is 3. The van der Waals surface area contributed by atoms with Crippen molar-refractivity contribution in [3.8, 4) is 0 Å². The quantitative estimate of drug-likeness (QED) is 0.544. The minimum atomic E-state index is -1.46. The number of fused-ring (bicyclic) bond motifs is 1. The topological polar surface area (TPSA) is 101 Å². The SMILES string of the molecule is C=CC1CN(c2c(F)c(N)c3c(=O)c(C(=O)O)cn(C4CC4)c3c2F)CCN1. The molecule has 4 N–H and O–H groups in total. The largest absolute Gasteiger partial charge is 0.477 e. The van der Waals surface area contributed by atoms with E-state index in [0.717, 1.165) is 19.0 Å². The number of nitrogens with two attached hydrogens (primary N) is 1. The molecule has 1 saturated heterocycles. The molecule has 9 heteroatoms. The standard InChI is InChI=1S/C19H20F2N4O3/c1-2-9-7-24(6-5-23-9)17-13(20)15(22)12-16(14(17)21)25(10-3-4-10)8-11(18(12)26)19(27)28/h2,8-10,23H,1,3-7,22H2,(H,27,28). The van der Waals surface area contributed by atoms with Gasteiger partial charge in [-0.05, 0) is 12.8 Å². The van der Waals surface area contributed by atoms with Crippen molar-refractivity contribution in [1.29, 1.82) is 0 Å². The van der Waals surface area contributed by atoms with Crippen LogP contribution in [0.25, 0.3) is 10.9 Å². The number of aromatic carboxylic acids is 1. The fraction of sp³-hybridized carbons (Fsp3) is 0.368. The Bertz CT molecular complexity index is 1060. The number of benzene rings is 1. The van der Waals surface area contributed by atoms with E-state index in [-0.39, 0.29) is 23.3 Å². The second-order valence-corrected chi connectivity index (χ2v) is 7.17. The molecular weight excluding hydrogens is 370 g/mol. The van der Waals surface area contributed by atoms with Gasteiger partial charge in [0.1, 0.15) is 11.3 Å². The lowest BCUT2D eigenvalue weighted by Crippen LogP contribution is -2.50. The summed E-state index contributed by atoms with van der Waals surface area (Å²) in [4.78, 5) is 25.6. The molecule has 1 unspecified atom stereocenters. The fourth-order valence-electron chi connectivity index (χ4n) is 3.76. The first-order valence-electron chi connectivity index (χ1n) is 9.04. The number of rotatable bonds is 4. The predicted molar refractivity (Wildman–Crippen MR) is 102 cm³/mol. The van der Waals surface area contributed by atoms with Crippen molar-refractivity contribution in [1.82, 2.24) is 9.88 Å². The van der Waals surface area contributed by atoms with Gasteiger partial charge in [-0.25, -0.2) is 13.6 Å². The van der Waals surface area contributed by atoms with Crippen LogP contribution in [0.4, 0.5) is 20.2 Å². The highest BCUT2D eigenvalue weighted by molar-refractivity contribution is 5.99. The molecular formula is C19H20F2N4O3. The van der Waals surface area contributed by atoms with Gasteiger partial charge >= 0.3 is 5.97 Å². The Morgan fingerprint density at radius 1 is 1.36 bits per heavy atom. The third kappa shape index (κ3) is 2.73. The molecule has 0 bridgehead atoms. The van der Waals surface area contributed by atoms with Gasteiger partial charge in [0.05, 0.1) is 16.6 Å². The second-order valence-electron chi connectivity index (χ2n) is 7.17. The van der Waals surface area contributed by atoms with E-state index >= 15 is 8.78 Å². The molecule has 1 aromatic heterocycles. The molecule has 7 nitrogen and oxygen atoms in total. The van der Waals surface area contributed by atoms with Gasteiger partial charge < -0.3 is 25.6 Å². The Morgan fingerprint density at radius 3 is 2.68 bits per heavy atom. The molecule has 28 heavy (non-hydrogen) atoms. The third-order valence-electron chi connectivity index (χ3n) is 5.34. The summed E-state index contributed by atoms with van der Waals surface area (Å²) in [7, 11) is 0. The third-order valence-corrected chi connectivity index (χ3v) is 5.34. The number of piperazine rings is 1. The van der Waals surface area contributed by atoms with Gasteiger partial charge in [-0.3, -0.25) is 4.79 Å². The summed E-state index contributed by atoms with van der Waals surface area (Å²) >= 11 is 0. The maximum absolute atomic E-state index is 15.6. The van der Waals surface area contributed by atoms with Gasteiger partial charge in [0.25, 0.3) is 0 Å². The molecule has 2 heterocycles. The monoisotopic (exact) mass is 390 g/mol. The highest BCUT2D eigenvalue weighted by atomic mass is 19.1. The van der Waals surface area contributed by atoms with Gasteiger partial charge in [0.2, 0.25) is 5.43 Å². The Hall–Kier alpha value is -2.94. The number of nitrogens with one attached hydrogen (secondary N) is 1. The van der Waals surface area contributed by atoms with Crippen LogP contribution in [-0.2, 0) is 0 Å². The normalized spacial score (nSPS) is 19.8. The molecule has 2 fully saturated rings. The van der Waals surface area contributed by atoms with E-state index in [0.29, 0.717) is 19.6 Å². The number of carboxylic acids is 1. The predicted octanol–water partition coefficient (Wildman–Crippen LogP) is 1.86. The van der Waals surface area contributed by atoms with Gasteiger partial charge in [-0.1, -0.05) is 6.08 Å². The molecule has 1 saturated carbocycles. The first-order valence-corrected chi connectivity index (χ1v) is 9.04. The van der Waals surface area contributed by atoms with Crippen LogP contribution in [0.15, 0.2) is 23.6 Å². The molecule has 0 radical (unpaired) electrons. The Balaban J connectivity index is 2.03. The van der Waals surface area contributed by atoms with Crippen molar-refractivity contribution in [2.45, 2.75) is 24.9 Å². The smallest absolute Gasteiger partial charge is 0.341 e. The summed E-state index contributed by atoms with van der Waals surface area (Å²) in [5.41, 5.74) is 3.42. The molecule has 2 aromatic rings. The van der Waals surface area contributed by atoms with Crippen LogP contribution in [-0.4, -0.2) is 41.3 Å². The number of anilines is 2. The van der Waals surface area contributed by atoms with Crippen molar-refractivity contribution >= 4 is 28.2 Å². The van der Waals surface area contributed by atoms with E-state index in [9.17, 15) is 14.7 Å². The highest BCUT2D eigenvalue weighted by Gasteiger charge is 2.33. The summed E-state index contributed by atoms with van der Waals surface area (Å²) < 4.78 is 32.1. The van der Waals surface area contributed by atoms with Crippen molar-refractivity contribution in [2.75, 3.05) is 30.3 Å². The van der Waals surface area contributed by atoms with Gasteiger partial charge in [-0.2, -0.15) is 0 Å². The van der Waals surface area contributed by atoms with Crippen molar-refractivity contribution < 1.29 is 18.7 Å².